The number of hydrogen-bond acceptors (Lipinski definition) is 3. The van der Waals surface area contributed by atoms with E-state index in [-0.39, 0.29) is 0 Å². The summed E-state index contributed by atoms with van der Waals surface area (Å²) >= 11 is 0. The Kier molecular flexibility index (Phi) is 13.0. The van der Waals surface area contributed by atoms with Gasteiger partial charge in [0, 0.05) is 115 Å². The zero-order chi connectivity index (χ0) is 70.7. The summed E-state index contributed by atoms with van der Waals surface area (Å²) in [7, 11) is 0. The van der Waals surface area contributed by atoms with Gasteiger partial charge in [0.1, 0.15) is 0 Å². The molecule has 0 saturated heterocycles. The van der Waals surface area contributed by atoms with Gasteiger partial charge in [-0.25, -0.2) is 15.0 Å². The van der Waals surface area contributed by atoms with Gasteiger partial charge < -0.3 is 27.4 Å². The van der Waals surface area contributed by atoms with Crippen molar-refractivity contribution >= 4 is 131 Å². The lowest BCUT2D eigenvalue weighted by atomic mass is 9.98. The molecule has 7 heterocycles. The lowest BCUT2D eigenvalue weighted by Gasteiger charge is -2.20. The van der Waals surface area contributed by atoms with Gasteiger partial charge in [-0.1, -0.05) is 237 Å². The Hall–Kier alpha value is -14.7. The Morgan fingerprint density at radius 1 is 0.148 bits per heavy atom. The second kappa shape index (κ2) is 23.4. The van der Waals surface area contributed by atoms with Crippen LogP contribution >= 0.6 is 0 Å². The molecule has 0 unspecified atom stereocenters. The van der Waals surface area contributed by atoms with E-state index >= 15 is 0 Å². The summed E-state index contributed by atoms with van der Waals surface area (Å²) < 4.78 is 14.8. The molecule has 0 aliphatic heterocycles. The predicted molar refractivity (Wildman–Crippen MR) is 448 cm³/mol. The second-order valence-corrected chi connectivity index (χ2v) is 28.2. The average Bonchev–Trinajstić information content (AvgIpc) is 1.58. The van der Waals surface area contributed by atoms with Crippen LogP contribution in [-0.2, 0) is 0 Å². The van der Waals surface area contributed by atoms with Crippen LogP contribution in [0.5, 0.6) is 0 Å². The molecule has 108 heavy (non-hydrogen) atoms. The van der Waals surface area contributed by atoms with Crippen molar-refractivity contribution in [3.05, 3.63) is 370 Å². The van der Waals surface area contributed by atoms with Crippen LogP contribution in [0.2, 0.25) is 0 Å². The summed E-state index contributed by atoms with van der Waals surface area (Å²) in [6.45, 7) is 0. The highest BCUT2D eigenvalue weighted by atomic mass is 15.1. The third-order valence-electron chi connectivity index (χ3n) is 22.4. The summed E-state index contributed by atoms with van der Waals surface area (Å²) in [5.41, 5.74) is 24.5. The summed E-state index contributed by atoms with van der Waals surface area (Å²) in [5, 5.41) is 14.2. The summed E-state index contributed by atoms with van der Waals surface area (Å²) in [5.74, 6) is 1.75. The monoisotopic (exact) mass is 1380 g/mol. The molecule has 9 heteroatoms. The molecule has 9 nitrogen and oxygen atoms in total. The molecule has 0 radical (unpaired) electrons. The number of para-hydroxylation sites is 9. The van der Waals surface area contributed by atoms with Gasteiger partial charge in [0.2, 0.25) is 0 Å². The number of rotatable bonds is 10. The number of aromatic nitrogens is 9. The molecule has 502 valence electrons. The van der Waals surface area contributed by atoms with E-state index in [1.807, 2.05) is 36.4 Å². The fourth-order valence-corrected chi connectivity index (χ4v) is 17.8. The van der Waals surface area contributed by atoms with Crippen LogP contribution in [0.4, 0.5) is 0 Å². The van der Waals surface area contributed by atoms with Gasteiger partial charge in [0.15, 0.2) is 17.5 Å². The molecule has 0 amide bonds. The molecule has 0 bridgehead atoms. The molecule has 23 aromatic rings. The largest absolute Gasteiger partial charge is 0.309 e. The Labute approximate surface area is 618 Å². The molecule has 0 aliphatic rings. The van der Waals surface area contributed by atoms with E-state index < -0.39 is 0 Å². The molecular weight excluding hydrogens is 1320 g/mol. The van der Waals surface area contributed by atoms with Gasteiger partial charge >= 0.3 is 0 Å². The first-order valence-corrected chi connectivity index (χ1v) is 36.8. The Morgan fingerprint density at radius 3 is 0.704 bits per heavy atom. The molecule has 0 fully saturated rings. The second-order valence-electron chi connectivity index (χ2n) is 28.2. The minimum absolute atomic E-state index is 0.562. The van der Waals surface area contributed by atoms with E-state index in [4.69, 9.17) is 15.0 Å². The van der Waals surface area contributed by atoms with Crippen LogP contribution in [0.15, 0.2) is 370 Å². The van der Waals surface area contributed by atoms with E-state index in [9.17, 15) is 0 Å². The van der Waals surface area contributed by atoms with Crippen LogP contribution in [0, 0.1) is 0 Å². The lowest BCUT2D eigenvalue weighted by Crippen LogP contribution is -2.04. The Bertz CT molecular complexity index is 7080. The fraction of sp³-hybridized carbons (Fsp3) is 0. The maximum atomic E-state index is 5.43. The van der Waals surface area contributed by atoms with Gasteiger partial charge in [-0.05, 0) is 133 Å². The number of benzene rings is 16. The van der Waals surface area contributed by atoms with Crippen molar-refractivity contribution in [1.82, 2.24) is 42.4 Å². The van der Waals surface area contributed by atoms with Crippen molar-refractivity contribution in [1.29, 1.82) is 0 Å². The van der Waals surface area contributed by atoms with Crippen molar-refractivity contribution in [2.75, 3.05) is 0 Å². The molecule has 0 saturated carbocycles. The normalized spacial score (nSPS) is 12.1. The van der Waals surface area contributed by atoms with Crippen molar-refractivity contribution in [3.63, 3.8) is 0 Å². The fourth-order valence-electron chi connectivity index (χ4n) is 17.8. The Balaban J connectivity index is 0.812. The highest BCUT2D eigenvalue weighted by Crippen LogP contribution is 2.47. The first-order chi connectivity index (χ1) is 53.6. The highest BCUT2D eigenvalue weighted by molar-refractivity contribution is 6.17. The van der Waals surface area contributed by atoms with Crippen LogP contribution in [0.25, 0.3) is 210 Å². The van der Waals surface area contributed by atoms with Gasteiger partial charge in [-0.3, -0.25) is 0 Å². The van der Waals surface area contributed by atoms with E-state index in [1.165, 1.54) is 43.1 Å². The number of hydrogen-bond donors (Lipinski definition) is 0. The molecule has 0 spiro atoms. The quantitative estimate of drug-likeness (QED) is 0.137. The maximum Gasteiger partial charge on any atom is 0.164 e. The molecule has 0 atom stereocenters. The summed E-state index contributed by atoms with van der Waals surface area (Å²) in [4.78, 5) is 16.1. The molecule has 7 aromatic heterocycles. The van der Waals surface area contributed by atoms with Gasteiger partial charge in [0.05, 0.1) is 77.6 Å². The minimum atomic E-state index is 0.562. The standard InChI is InChI=1S/C99H61N9/c1-3-25-62(26-4-1)97-100-98(63-27-5-2-6-28-63)102-99(101-97)64-47-52-78(96(57-64)108-94-55-50-67(105-87-42-20-11-33-73(87)74-34-12-21-43-88(74)105)60-81(94)82-61-68(51-56-95(82)108)106-89-44-22-13-35-75(89)76-36-14-23-45-90(76)106)77-37-15-24-46-91(77)107-92-53-48-65(103-83-38-16-7-29-69(83)70-30-8-17-39-84(70)103)58-79(92)80-59-66(49-54-93(80)107)104-85-40-18-9-31-71(85)72-32-10-19-41-86(72)104/h1-61H. The van der Waals surface area contributed by atoms with E-state index in [2.05, 4.69) is 361 Å². The van der Waals surface area contributed by atoms with Crippen LogP contribution < -0.4 is 0 Å². The van der Waals surface area contributed by atoms with Crippen LogP contribution in [0.1, 0.15) is 0 Å². The lowest BCUT2D eigenvalue weighted by molar-refractivity contribution is 1.07. The minimum Gasteiger partial charge on any atom is -0.309 e. The van der Waals surface area contributed by atoms with Gasteiger partial charge in [-0.15, -0.1) is 0 Å². The smallest absolute Gasteiger partial charge is 0.164 e. The van der Waals surface area contributed by atoms with Crippen molar-refractivity contribution in [2.24, 2.45) is 0 Å². The third kappa shape index (κ3) is 8.90. The van der Waals surface area contributed by atoms with E-state index in [0.29, 0.717) is 17.5 Å². The van der Waals surface area contributed by atoms with Crippen molar-refractivity contribution < 1.29 is 0 Å². The van der Waals surface area contributed by atoms with Crippen LogP contribution in [-0.4, -0.2) is 42.4 Å². The van der Waals surface area contributed by atoms with Crippen molar-refractivity contribution in [2.45, 2.75) is 0 Å². The SMILES string of the molecule is c1ccc(-c2nc(-c3ccccc3)nc(-c3ccc(-c4ccccc4-n4c5ccc(-n6c7ccccc7c7ccccc76)cc5c5cc(-n6c7ccccc7c7ccccc76)ccc54)c(-n4c5ccc(-n6c7ccccc7c7ccccc76)cc5c5cc(-n6c7ccccc7c7ccccc76)ccc54)c3)n2)cc1. The molecule has 0 aliphatic carbocycles. The van der Waals surface area contributed by atoms with E-state index in [0.717, 1.165) is 150 Å². The molecule has 23 rings (SSSR count). The molecular formula is C99H61N9. The van der Waals surface area contributed by atoms with Crippen molar-refractivity contribution in [3.8, 4) is 79.4 Å². The predicted octanol–water partition coefficient (Wildman–Crippen LogP) is 25.1. The molecule has 16 aromatic carbocycles. The highest BCUT2D eigenvalue weighted by Gasteiger charge is 2.27. The average molecular weight is 1380 g/mol. The van der Waals surface area contributed by atoms with Crippen LogP contribution in [0.3, 0.4) is 0 Å². The zero-order valence-corrected chi connectivity index (χ0v) is 58.2. The van der Waals surface area contributed by atoms with Gasteiger partial charge in [-0.2, -0.15) is 0 Å². The Morgan fingerprint density at radius 2 is 0.389 bits per heavy atom. The topological polar surface area (TPSA) is 68.2 Å². The number of fused-ring (bicyclic) bond motifs is 18. The first kappa shape index (κ1) is 59.8. The maximum absolute atomic E-state index is 5.43. The zero-order valence-electron chi connectivity index (χ0n) is 58.2. The number of nitrogens with zero attached hydrogens (tertiary/aromatic N) is 9. The third-order valence-corrected chi connectivity index (χ3v) is 22.4. The molecule has 0 N–H and O–H groups in total. The summed E-state index contributed by atoms with van der Waals surface area (Å²) in [6.07, 6.45) is 0. The van der Waals surface area contributed by atoms with E-state index in [1.54, 1.807) is 0 Å². The van der Waals surface area contributed by atoms with Gasteiger partial charge in [0.25, 0.3) is 0 Å². The summed E-state index contributed by atoms with van der Waals surface area (Å²) in [6, 6.07) is 135. The first-order valence-electron chi connectivity index (χ1n) is 36.8.